The Bertz CT molecular complexity index is 120. The Kier molecular flexibility index (Phi) is 2.56. The van der Waals surface area contributed by atoms with Crippen molar-refractivity contribution >= 4 is 36.9 Å². The molecule has 1 heterocycles. The lowest BCUT2D eigenvalue weighted by atomic mass is 10.6. The summed E-state index contributed by atoms with van der Waals surface area (Å²) in [7, 11) is -2.65. The highest BCUT2D eigenvalue weighted by molar-refractivity contribution is 7.32. The number of rotatable bonds is 0. The summed E-state index contributed by atoms with van der Waals surface area (Å²) in [5.41, 5.74) is 1.21. The second kappa shape index (κ2) is 2.81. The summed E-state index contributed by atoms with van der Waals surface area (Å²) < 4.78 is 0. The lowest BCUT2D eigenvalue weighted by Crippen LogP contribution is -2.40. The molecule has 0 aromatic rings. The molecule has 0 saturated carbocycles. The summed E-state index contributed by atoms with van der Waals surface area (Å²) in [6.07, 6.45) is 1.29. The van der Waals surface area contributed by atoms with Crippen LogP contribution in [-0.4, -0.2) is 14.8 Å². The van der Waals surface area contributed by atoms with Crippen LogP contribution < -0.4 is 0 Å². The minimum atomic E-state index is -1.32. The predicted octanol–water partition coefficient (Wildman–Crippen LogP) is 3.56. The third kappa shape index (κ3) is 2.57. The van der Waals surface area contributed by atoms with Gasteiger partial charge in [-0.05, 0) is 17.8 Å². The van der Waals surface area contributed by atoms with Crippen LogP contribution in [0, 0.1) is 0 Å². The van der Waals surface area contributed by atoms with Gasteiger partial charge < -0.3 is 0 Å². The average Bonchev–Trinajstić information content (AvgIpc) is 1.56. The van der Waals surface area contributed by atoms with E-state index in [0.29, 0.717) is 0 Å². The van der Waals surface area contributed by atoms with E-state index in [4.69, 9.17) is 22.2 Å². The number of hydrogen-bond acceptors (Lipinski definition) is 0. The Morgan fingerprint density at radius 3 is 1.60 bits per heavy atom. The second-order valence-electron chi connectivity index (χ2n) is 3.86. The molecule has 4 heteroatoms. The summed E-state index contributed by atoms with van der Waals surface area (Å²) >= 11 is 12.7. The van der Waals surface area contributed by atoms with Crippen LogP contribution in [-0.2, 0) is 0 Å². The third-order valence-electron chi connectivity index (χ3n) is 2.13. The summed E-state index contributed by atoms with van der Waals surface area (Å²) in [4.78, 5) is 0. The van der Waals surface area contributed by atoms with Crippen molar-refractivity contribution in [3.05, 3.63) is 0 Å². The zero-order valence-electron chi connectivity index (χ0n) is 6.58. The van der Waals surface area contributed by atoms with E-state index in [-0.39, 0.29) is 0 Å². The minimum Gasteiger partial charge on any atom is -0.168 e. The van der Waals surface area contributed by atoms with Crippen molar-refractivity contribution in [3.8, 4) is 0 Å². The molecule has 0 bridgehead atoms. The highest BCUT2D eigenvalue weighted by atomic mass is 35.6. The Balaban J connectivity index is 2.56. The van der Waals surface area contributed by atoms with Crippen LogP contribution in [0.3, 0.4) is 0 Å². The van der Waals surface area contributed by atoms with Crippen molar-refractivity contribution < 1.29 is 0 Å². The molecule has 1 aliphatic heterocycles. The van der Waals surface area contributed by atoms with E-state index in [0.717, 1.165) is 0 Å². The van der Waals surface area contributed by atoms with Crippen molar-refractivity contribution in [1.29, 1.82) is 0 Å². The molecule has 2 atom stereocenters. The summed E-state index contributed by atoms with van der Waals surface area (Å²) in [5.74, 6) is 0. The number of hydrogen-bond donors (Lipinski definition) is 0. The molecule has 0 radical (unpaired) electrons. The van der Waals surface area contributed by atoms with E-state index in [9.17, 15) is 0 Å². The largest absolute Gasteiger partial charge is 0.168 e. The molecule has 0 nitrogen and oxygen atoms in total. The zero-order valence-corrected chi connectivity index (χ0v) is 10.1. The molecule has 0 amide bonds. The van der Waals surface area contributed by atoms with Crippen molar-refractivity contribution in [1.82, 2.24) is 0 Å². The highest BCUT2D eigenvalue weighted by Gasteiger charge is 2.40. The molecule has 0 aliphatic carbocycles. The fourth-order valence-corrected chi connectivity index (χ4v) is 18.2. The van der Waals surface area contributed by atoms with Gasteiger partial charge in [0.15, 0.2) is 14.8 Å². The maximum absolute atomic E-state index is 6.35. The van der Waals surface area contributed by atoms with E-state index in [1.165, 1.54) is 24.2 Å². The fraction of sp³-hybridized carbons (Fsp3) is 1.00. The van der Waals surface area contributed by atoms with Crippen LogP contribution in [0.2, 0.25) is 30.8 Å². The van der Waals surface area contributed by atoms with E-state index < -0.39 is 14.8 Å². The van der Waals surface area contributed by atoms with E-state index >= 15 is 0 Å². The molecule has 0 aromatic carbocycles. The summed E-state index contributed by atoms with van der Waals surface area (Å²) in [5, 5.41) is 0. The van der Waals surface area contributed by atoms with Crippen LogP contribution in [0.5, 0.6) is 0 Å². The molecule has 60 valence electrons. The maximum atomic E-state index is 6.35. The molecule has 0 N–H and O–H groups in total. The SMILES string of the molecule is C[Si]1(Cl)CCC[Si](C)(Cl)C1. The predicted molar refractivity (Wildman–Crippen MR) is 54.0 cm³/mol. The number of halogens is 2. The molecule has 1 saturated heterocycles. The topological polar surface area (TPSA) is 0 Å². The molecule has 0 spiro atoms. The quantitative estimate of drug-likeness (QED) is 0.426. The average molecular weight is 213 g/mol. The van der Waals surface area contributed by atoms with Crippen LogP contribution in [0.15, 0.2) is 0 Å². The fourth-order valence-electron chi connectivity index (χ4n) is 1.77. The van der Waals surface area contributed by atoms with E-state index in [2.05, 4.69) is 13.1 Å². The molecule has 2 unspecified atom stereocenters. The Hall–Kier alpha value is 1.01. The Morgan fingerprint density at radius 2 is 1.40 bits per heavy atom. The normalized spacial score (nSPS) is 49.2. The summed E-state index contributed by atoms with van der Waals surface area (Å²) in [6.45, 7) is 4.50. The zero-order chi connectivity index (χ0) is 7.83. The molecular formula is C6H14Cl2Si2. The lowest BCUT2D eigenvalue weighted by Gasteiger charge is -2.33. The van der Waals surface area contributed by atoms with Gasteiger partial charge in [-0.15, -0.1) is 0 Å². The molecule has 1 aliphatic rings. The molecule has 10 heavy (non-hydrogen) atoms. The standard InChI is InChI=1S/C6H14Cl2Si2/c1-9(7)4-3-5-10(2,8)6-9/h3-6H2,1-2H3. The molecule has 0 aromatic heterocycles. The second-order valence-corrected chi connectivity index (χ2v) is 17.4. The van der Waals surface area contributed by atoms with Gasteiger partial charge in [-0.25, -0.2) is 0 Å². The first kappa shape index (κ1) is 9.10. The van der Waals surface area contributed by atoms with Gasteiger partial charge in [-0.3, -0.25) is 0 Å². The molecule has 1 fully saturated rings. The van der Waals surface area contributed by atoms with E-state index in [1.54, 1.807) is 0 Å². The Labute approximate surface area is 74.3 Å². The first-order valence-corrected chi connectivity index (χ1v) is 11.6. The van der Waals surface area contributed by atoms with Crippen molar-refractivity contribution in [3.63, 3.8) is 0 Å². The van der Waals surface area contributed by atoms with Gasteiger partial charge in [0.25, 0.3) is 0 Å². The molecule has 1 rings (SSSR count). The Morgan fingerprint density at radius 1 is 1.00 bits per heavy atom. The van der Waals surface area contributed by atoms with E-state index in [1.807, 2.05) is 0 Å². The first-order chi connectivity index (χ1) is 4.41. The van der Waals surface area contributed by atoms with Crippen molar-refractivity contribution in [2.75, 3.05) is 0 Å². The van der Waals surface area contributed by atoms with Gasteiger partial charge in [0.2, 0.25) is 0 Å². The minimum absolute atomic E-state index is 1.21. The van der Waals surface area contributed by atoms with Crippen LogP contribution in [0.1, 0.15) is 6.42 Å². The van der Waals surface area contributed by atoms with Crippen molar-refractivity contribution in [2.24, 2.45) is 0 Å². The van der Waals surface area contributed by atoms with Gasteiger partial charge in [0.05, 0.1) is 0 Å². The van der Waals surface area contributed by atoms with Crippen LogP contribution in [0.25, 0.3) is 0 Å². The van der Waals surface area contributed by atoms with Gasteiger partial charge >= 0.3 is 0 Å². The third-order valence-corrected chi connectivity index (χ3v) is 14.4. The van der Waals surface area contributed by atoms with Gasteiger partial charge in [-0.1, -0.05) is 19.5 Å². The van der Waals surface area contributed by atoms with Crippen LogP contribution >= 0.6 is 22.2 Å². The van der Waals surface area contributed by atoms with Crippen LogP contribution in [0.4, 0.5) is 0 Å². The smallest absolute Gasteiger partial charge is 0.152 e. The maximum Gasteiger partial charge on any atom is 0.152 e. The van der Waals surface area contributed by atoms with Gasteiger partial charge in [-0.2, -0.15) is 22.2 Å². The molecular weight excluding hydrogens is 199 g/mol. The van der Waals surface area contributed by atoms with Crippen molar-refractivity contribution in [2.45, 2.75) is 37.3 Å². The monoisotopic (exact) mass is 212 g/mol. The lowest BCUT2D eigenvalue weighted by molar-refractivity contribution is 1.00. The van der Waals surface area contributed by atoms with Gasteiger partial charge in [0, 0.05) is 0 Å². The highest BCUT2D eigenvalue weighted by Crippen LogP contribution is 2.39. The first-order valence-electron chi connectivity index (χ1n) is 3.79. The summed E-state index contributed by atoms with van der Waals surface area (Å²) in [6, 6.07) is 2.56. The van der Waals surface area contributed by atoms with Gasteiger partial charge in [0.1, 0.15) is 0 Å².